The van der Waals surface area contributed by atoms with Crippen molar-refractivity contribution in [1.29, 1.82) is 0 Å². The highest BCUT2D eigenvalue weighted by Gasteiger charge is 2.21. The Kier molecular flexibility index (Phi) is 3.31. The van der Waals surface area contributed by atoms with E-state index in [0.29, 0.717) is 12.4 Å². The minimum atomic E-state index is -0.314. The van der Waals surface area contributed by atoms with Crippen LogP contribution in [0.2, 0.25) is 0 Å². The van der Waals surface area contributed by atoms with Gasteiger partial charge in [0.05, 0.1) is 0 Å². The number of carbonyl (C=O) groups is 1. The van der Waals surface area contributed by atoms with Crippen molar-refractivity contribution >= 4 is 16.7 Å². The summed E-state index contributed by atoms with van der Waals surface area (Å²) < 4.78 is 11.3. The first-order valence-corrected chi connectivity index (χ1v) is 8.01. The SMILES string of the molecule is CC(=O)Oc1ccc2cc3c(c(C)c2c1)OCc1cc(C)ccc1-3. The fourth-order valence-electron chi connectivity index (χ4n) is 3.40. The minimum Gasteiger partial charge on any atom is -0.488 e. The fourth-order valence-corrected chi connectivity index (χ4v) is 3.40. The number of hydrogen-bond acceptors (Lipinski definition) is 3. The zero-order valence-electron chi connectivity index (χ0n) is 14.0. The quantitative estimate of drug-likeness (QED) is 0.471. The second-order valence-corrected chi connectivity index (χ2v) is 6.30. The van der Waals surface area contributed by atoms with Crippen LogP contribution in [0.5, 0.6) is 11.5 Å². The van der Waals surface area contributed by atoms with E-state index in [2.05, 4.69) is 38.1 Å². The van der Waals surface area contributed by atoms with Crippen molar-refractivity contribution in [2.45, 2.75) is 27.4 Å². The molecule has 0 spiro atoms. The first kappa shape index (κ1) is 14.8. The molecule has 0 aromatic heterocycles. The summed E-state index contributed by atoms with van der Waals surface area (Å²) >= 11 is 0. The number of esters is 1. The van der Waals surface area contributed by atoms with Gasteiger partial charge in [0, 0.05) is 12.5 Å². The molecule has 0 N–H and O–H groups in total. The normalized spacial score (nSPS) is 12.3. The lowest BCUT2D eigenvalue weighted by Gasteiger charge is -2.24. The topological polar surface area (TPSA) is 35.5 Å². The molecule has 24 heavy (non-hydrogen) atoms. The van der Waals surface area contributed by atoms with E-state index in [0.717, 1.165) is 27.6 Å². The molecule has 0 bridgehead atoms. The number of carbonyl (C=O) groups excluding carboxylic acids is 1. The molecule has 0 saturated heterocycles. The van der Waals surface area contributed by atoms with Gasteiger partial charge in [-0.05, 0) is 59.5 Å². The number of fused-ring (bicyclic) bond motifs is 4. The van der Waals surface area contributed by atoms with Crippen LogP contribution < -0.4 is 9.47 Å². The number of aryl methyl sites for hydroxylation is 2. The highest BCUT2D eigenvalue weighted by Crippen LogP contribution is 2.43. The Labute approximate surface area is 140 Å². The van der Waals surface area contributed by atoms with Gasteiger partial charge in [-0.3, -0.25) is 4.79 Å². The second kappa shape index (κ2) is 5.38. The van der Waals surface area contributed by atoms with Crippen molar-refractivity contribution in [2.75, 3.05) is 0 Å². The van der Waals surface area contributed by atoms with Crippen LogP contribution in [-0.4, -0.2) is 5.97 Å². The average molecular weight is 318 g/mol. The molecule has 0 fully saturated rings. The van der Waals surface area contributed by atoms with Crippen LogP contribution >= 0.6 is 0 Å². The van der Waals surface area contributed by atoms with Gasteiger partial charge in [-0.25, -0.2) is 0 Å². The molecule has 0 amide bonds. The van der Waals surface area contributed by atoms with Crippen LogP contribution in [0, 0.1) is 13.8 Å². The van der Waals surface area contributed by atoms with Gasteiger partial charge in [0.2, 0.25) is 0 Å². The number of rotatable bonds is 1. The lowest BCUT2D eigenvalue weighted by Crippen LogP contribution is -2.07. The fraction of sp³-hybridized carbons (Fsp3) is 0.190. The van der Waals surface area contributed by atoms with Crippen molar-refractivity contribution in [3.8, 4) is 22.6 Å². The predicted molar refractivity (Wildman–Crippen MR) is 94.5 cm³/mol. The van der Waals surface area contributed by atoms with E-state index < -0.39 is 0 Å². The van der Waals surface area contributed by atoms with E-state index in [1.165, 1.54) is 23.6 Å². The van der Waals surface area contributed by atoms with Crippen molar-refractivity contribution in [3.05, 3.63) is 59.2 Å². The molecule has 3 aromatic carbocycles. The van der Waals surface area contributed by atoms with Crippen LogP contribution in [0.4, 0.5) is 0 Å². The Morgan fingerprint density at radius 3 is 2.67 bits per heavy atom. The van der Waals surface area contributed by atoms with E-state index in [4.69, 9.17) is 9.47 Å². The average Bonchev–Trinajstić information content (AvgIpc) is 2.54. The molecule has 0 radical (unpaired) electrons. The molecular formula is C21H18O3. The van der Waals surface area contributed by atoms with Crippen LogP contribution in [-0.2, 0) is 11.4 Å². The predicted octanol–water partition coefficient (Wildman–Crippen LogP) is 4.94. The van der Waals surface area contributed by atoms with Crippen molar-refractivity contribution in [1.82, 2.24) is 0 Å². The highest BCUT2D eigenvalue weighted by molar-refractivity contribution is 5.96. The van der Waals surface area contributed by atoms with Crippen LogP contribution in [0.15, 0.2) is 42.5 Å². The Balaban J connectivity index is 1.93. The largest absolute Gasteiger partial charge is 0.488 e. The molecule has 1 aliphatic rings. The van der Waals surface area contributed by atoms with Gasteiger partial charge in [-0.2, -0.15) is 0 Å². The summed E-state index contributed by atoms with van der Waals surface area (Å²) in [6.45, 7) is 6.14. The summed E-state index contributed by atoms with van der Waals surface area (Å²) in [4.78, 5) is 11.2. The third-order valence-electron chi connectivity index (χ3n) is 4.50. The van der Waals surface area contributed by atoms with E-state index in [9.17, 15) is 4.79 Å². The number of benzene rings is 3. The second-order valence-electron chi connectivity index (χ2n) is 6.30. The third-order valence-corrected chi connectivity index (χ3v) is 4.50. The molecular weight excluding hydrogens is 300 g/mol. The molecule has 0 atom stereocenters. The molecule has 3 aromatic rings. The van der Waals surface area contributed by atoms with Gasteiger partial charge in [0.25, 0.3) is 0 Å². The van der Waals surface area contributed by atoms with Gasteiger partial charge in [0.1, 0.15) is 18.1 Å². The Morgan fingerprint density at radius 1 is 1.04 bits per heavy atom. The first-order valence-electron chi connectivity index (χ1n) is 8.01. The summed E-state index contributed by atoms with van der Waals surface area (Å²) in [6, 6.07) is 14.4. The van der Waals surface area contributed by atoms with Gasteiger partial charge in [-0.1, -0.05) is 29.8 Å². The van der Waals surface area contributed by atoms with Crippen molar-refractivity contribution in [3.63, 3.8) is 0 Å². The molecule has 0 aliphatic carbocycles. The monoisotopic (exact) mass is 318 g/mol. The van der Waals surface area contributed by atoms with E-state index in [1.807, 2.05) is 18.2 Å². The van der Waals surface area contributed by atoms with E-state index in [1.54, 1.807) is 0 Å². The molecule has 120 valence electrons. The third kappa shape index (κ3) is 2.33. The molecule has 4 rings (SSSR count). The molecule has 0 saturated carbocycles. The maximum atomic E-state index is 11.2. The van der Waals surface area contributed by atoms with Gasteiger partial charge in [-0.15, -0.1) is 0 Å². The molecule has 0 unspecified atom stereocenters. The lowest BCUT2D eigenvalue weighted by atomic mass is 9.91. The van der Waals surface area contributed by atoms with Crippen molar-refractivity contribution < 1.29 is 14.3 Å². The van der Waals surface area contributed by atoms with Crippen LogP contribution in [0.3, 0.4) is 0 Å². The van der Waals surface area contributed by atoms with E-state index in [-0.39, 0.29) is 5.97 Å². The first-order chi connectivity index (χ1) is 11.5. The summed E-state index contributed by atoms with van der Waals surface area (Å²) in [5.41, 5.74) is 5.89. The number of hydrogen-bond donors (Lipinski definition) is 0. The summed E-state index contributed by atoms with van der Waals surface area (Å²) in [7, 11) is 0. The van der Waals surface area contributed by atoms with Crippen LogP contribution in [0.1, 0.15) is 23.6 Å². The van der Waals surface area contributed by atoms with Gasteiger partial charge < -0.3 is 9.47 Å². The molecule has 3 nitrogen and oxygen atoms in total. The Bertz CT molecular complexity index is 986. The highest BCUT2D eigenvalue weighted by atomic mass is 16.5. The van der Waals surface area contributed by atoms with Crippen molar-refractivity contribution in [2.24, 2.45) is 0 Å². The summed E-state index contributed by atoms with van der Waals surface area (Å²) in [5, 5.41) is 2.15. The standard InChI is InChI=1S/C21H18O3/c1-12-4-7-18-16(8-12)11-23-21-13(2)19-10-17(24-14(3)22)6-5-15(19)9-20(18)21/h4-10H,11H2,1-3H3. The summed E-state index contributed by atoms with van der Waals surface area (Å²) in [5.74, 6) is 1.16. The zero-order valence-corrected chi connectivity index (χ0v) is 14.0. The molecule has 1 aliphatic heterocycles. The Hall–Kier alpha value is -2.81. The maximum absolute atomic E-state index is 11.2. The minimum absolute atomic E-state index is 0.314. The smallest absolute Gasteiger partial charge is 0.308 e. The lowest BCUT2D eigenvalue weighted by molar-refractivity contribution is -0.131. The number of ether oxygens (including phenoxy) is 2. The molecule has 3 heteroatoms. The zero-order chi connectivity index (χ0) is 16.8. The van der Waals surface area contributed by atoms with Gasteiger partial charge >= 0.3 is 5.97 Å². The Morgan fingerprint density at radius 2 is 1.88 bits per heavy atom. The maximum Gasteiger partial charge on any atom is 0.308 e. The van der Waals surface area contributed by atoms with Crippen LogP contribution in [0.25, 0.3) is 21.9 Å². The van der Waals surface area contributed by atoms with Gasteiger partial charge in [0.15, 0.2) is 0 Å². The summed E-state index contributed by atoms with van der Waals surface area (Å²) in [6.07, 6.45) is 0. The molecule has 1 heterocycles. The van der Waals surface area contributed by atoms with E-state index >= 15 is 0 Å².